The highest BCUT2D eigenvalue weighted by atomic mass is 32.1. The molecule has 23 heavy (non-hydrogen) atoms. The first-order valence-electron chi connectivity index (χ1n) is 8.01. The number of hydrogen-bond donors (Lipinski definition) is 4. The molecule has 0 bridgehead atoms. The van der Waals surface area contributed by atoms with Crippen LogP contribution >= 0.6 is 12.2 Å². The van der Waals surface area contributed by atoms with E-state index in [1.54, 1.807) is 4.90 Å². The quantitative estimate of drug-likeness (QED) is 0.476. The van der Waals surface area contributed by atoms with E-state index in [9.17, 15) is 0 Å². The Labute approximate surface area is 142 Å². The number of quaternary nitrogens is 1. The number of ether oxygens (including phenoxy) is 1. The molecule has 6 heteroatoms. The summed E-state index contributed by atoms with van der Waals surface area (Å²) in [4.78, 5) is 1.56. The summed E-state index contributed by atoms with van der Waals surface area (Å²) < 4.78 is 5.36. The highest BCUT2D eigenvalue weighted by Gasteiger charge is 2.12. The van der Waals surface area contributed by atoms with Crippen LogP contribution in [0.5, 0.6) is 0 Å². The Kier molecular flexibility index (Phi) is 5.63. The zero-order chi connectivity index (χ0) is 15.9. The van der Waals surface area contributed by atoms with Crippen LogP contribution in [0.1, 0.15) is 0 Å². The average molecular weight is 331 g/mol. The molecule has 0 amide bonds. The SMILES string of the molecule is S=C(NCC[NH+]1CCOCC1)NNc1ccc2ccccc2c1. The number of benzene rings is 2. The second kappa shape index (κ2) is 8.10. The highest BCUT2D eigenvalue weighted by Crippen LogP contribution is 2.17. The molecule has 0 spiro atoms. The number of fused-ring (bicyclic) bond motifs is 1. The van der Waals surface area contributed by atoms with E-state index in [0.29, 0.717) is 5.11 Å². The summed E-state index contributed by atoms with van der Waals surface area (Å²) in [6.07, 6.45) is 0. The molecule has 4 N–H and O–H groups in total. The third-order valence-electron chi connectivity index (χ3n) is 4.03. The van der Waals surface area contributed by atoms with Gasteiger partial charge < -0.3 is 15.0 Å². The first kappa shape index (κ1) is 16.0. The number of nitrogens with one attached hydrogen (secondary N) is 4. The van der Waals surface area contributed by atoms with E-state index < -0.39 is 0 Å². The van der Waals surface area contributed by atoms with Gasteiger partial charge in [-0.05, 0) is 35.1 Å². The Morgan fingerprint density at radius 2 is 1.87 bits per heavy atom. The summed E-state index contributed by atoms with van der Waals surface area (Å²) in [6.45, 7) is 5.80. The molecule has 2 aromatic rings. The average Bonchev–Trinajstić information content (AvgIpc) is 2.61. The van der Waals surface area contributed by atoms with Gasteiger partial charge in [0.2, 0.25) is 0 Å². The van der Waals surface area contributed by atoms with E-state index in [1.807, 2.05) is 18.2 Å². The van der Waals surface area contributed by atoms with Crippen LogP contribution in [0.4, 0.5) is 5.69 Å². The van der Waals surface area contributed by atoms with E-state index in [4.69, 9.17) is 17.0 Å². The maximum atomic E-state index is 5.36. The predicted molar refractivity (Wildman–Crippen MR) is 97.7 cm³/mol. The summed E-state index contributed by atoms with van der Waals surface area (Å²) >= 11 is 5.30. The van der Waals surface area contributed by atoms with E-state index in [1.165, 1.54) is 10.8 Å². The van der Waals surface area contributed by atoms with Gasteiger partial charge in [-0.25, -0.2) is 0 Å². The summed E-state index contributed by atoms with van der Waals surface area (Å²) in [5, 5.41) is 6.28. The molecule has 0 unspecified atom stereocenters. The molecule has 1 saturated heterocycles. The lowest BCUT2D eigenvalue weighted by atomic mass is 10.1. The standard InChI is InChI=1S/C17H22N4OS/c23-17(18-7-8-21-9-11-22-12-10-21)20-19-16-6-5-14-3-1-2-4-15(14)13-16/h1-6,13,19H,7-12H2,(H2,18,20,23)/p+1. The van der Waals surface area contributed by atoms with Crippen molar-refractivity contribution in [3.8, 4) is 0 Å². The van der Waals surface area contributed by atoms with Crippen LogP contribution in [0.2, 0.25) is 0 Å². The maximum Gasteiger partial charge on any atom is 0.185 e. The van der Waals surface area contributed by atoms with Crippen molar-refractivity contribution in [2.45, 2.75) is 0 Å². The molecule has 2 aromatic carbocycles. The van der Waals surface area contributed by atoms with Gasteiger partial charge in [0.15, 0.2) is 5.11 Å². The van der Waals surface area contributed by atoms with Crippen molar-refractivity contribution in [1.29, 1.82) is 0 Å². The van der Waals surface area contributed by atoms with Gasteiger partial charge in [-0.3, -0.25) is 10.9 Å². The second-order valence-electron chi connectivity index (χ2n) is 5.68. The summed E-state index contributed by atoms with van der Waals surface area (Å²) in [5.74, 6) is 0. The molecule has 0 saturated carbocycles. The minimum atomic E-state index is 0.616. The molecular weight excluding hydrogens is 308 g/mol. The van der Waals surface area contributed by atoms with Crippen molar-refractivity contribution in [2.75, 3.05) is 44.8 Å². The molecule has 0 atom stereocenters. The minimum Gasteiger partial charge on any atom is -0.370 e. The van der Waals surface area contributed by atoms with Crippen LogP contribution < -0.4 is 21.1 Å². The van der Waals surface area contributed by atoms with Crippen LogP contribution in [0.15, 0.2) is 42.5 Å². The van der Waals surface area contributed by atoms with Crippen LogP contribution in [-0.2, 0) is 4.74 Å². The van der Waals surface area contributed by atoms with Gasteiger partial charge in [0.05, 0.1) is 32.0 Å². The first-order valence-corrected chi connectivity index (χ1v) is 8.42. The largest absolute Gasteiger partial charge is 0.370 e. The number of morpholine rings is 1. The number of hydrogen-bond acceptors (Lipinski definition) is 3. The molecule has 122 valence electrons. The molecule has 1 heterocycles. The van der Waals surface area contributed by atoms with Crippen LogP contribution in [0, 0.1) is 0 Å². The lowest BCUT2D eigenvalue weighted by Crippen LogP contribution is -3.14. The Balaban J connectivity index is 1.40. The van der Waals surface area contributed by atoms with E-state index >= 15 is 0 Å². The summed E-state index contributed by atoms with van der Waals surface area (Å²) in [7, 11) is 0. The van der Waals surface area contributed by atoms with Crippen molar-refractivity contribution < 1.29 is 9.64 Å². The number of thiocarbonyl (C=S) groups is 1. The Morgan fingerprint density at radius 3 is 2.70 bits per heavy atom. The molecular formula is C17H23N4OS+. The predicted octanol–water partition coefficient (Wildman–Crippen LogP) is 0.546. The van der Waals surface area contributed by atoms with Gasteiger partial charge in [-0.2, -0.15) is 0 Å². The molecule has 0 aliphatic carbocycles. The van der Waals surface area contributed by atoms with E-state index in [-0.39, 0.29) is 0 Å². The fourth-order valence-electron chi connectivity index (χ4n) is 2.70. The lowest BCUT2D eigenvalue weighted by Gasteiger charge is -2.24. The molecule has 5 nitrogen and oxygen atoms in total. The van der Waals surface area contributed by atoms with Crippen molar-refractivity contribution in [3.05, 3.63) is 42.5 Å². The van der Waals surface area contributed by atoms with Gasteiger partial charge >= 0.3 is 0 Å². The number of hydrazine groups is 1. The summed E-state index contributed by atoms with van der Waals surface area (Å²) in [6, 6.07) is 14.5. The van der Waals surface area contributed by atoms with Crippen molar-refractivity contribution >= 4 is 33.8 Å². The molecule has 1 fully saturated rings. The zero-order valence-corrected chi connectivity index (χ0v) is 13.9. The van der Waals surface area contributed by atoms with Gasteiger partial charge in [0.25, 0.3) is 0 Å². The number of rotatable bonds is 5. The van der Waals surface area contributed by atoms with Crippen molar-refractivity contribution in [3.63, 3.8) is 0 Å². The highest BCUT2D eigenvalue weighted by molar-refractivity contribution is 7.80. The number of anilines is 1. The second-order valence-corrected chi connectivity index (χ2v) is 6.09. The topological polar surface area (TPSA) is 49.8 Å². The molecule has 0 aromatic heterocycles. The van der Waals surface area contributed by atoms with Crippen molar-refractivity contribution in [2.24, 2.45) is 0 Å². The van der Waals surface area contributed by atoms with E-state index in [2.05, 4.69) is 40.4 Å². The molecule has 3 rings (SSSR count). The van der Waals surface area contributed by atoms with Gasteiger partial charge in [-0.1, -0.05) is 30.3 Å². The third kappa shape index (κ3) is 4.79. The van der Waals surface area contributed by atoms with Crippen LogP contribution in [0.3, 0.4) is 0 Å². The Hall–Kier alpha value is -1.89. The lowest BCUT2D eigenvalue weighted by molar-refractivity contribution is -0.906. The monoisotopic (exact) mass is 331 g/mol. The Bertz CT molecular complexity index is 658. The fourth-order valence-corrected chi connectivity index (χ4v) is 2.86. The van der Waals surface area contributed by atoms with Gasteiger partial charge in [0.1, 0.15) is 13.1 Å². The first-order chi connectivity index (χ1) is 11.3. The molecule has 1 aliphatic rings. The van der Waals surface area contributed by atoms with Crippen LogP contribution in [-0.4, -0.2) is 44.5 Å². The third-order valence-corrected chi connectivity index (χ3v) is 4.28. The normalized spacial score (nSPS) is 15.3. The van der Waals surface area contributed by atoms with Crippen LogP contribution in [0.25, 0.3) is 10.8 Å². The summed E-state index contributed by atoms with van der Waals surface area (Å²) in [5.41, 5.74) is 7.17. The minimum absolute atomic E-state index is 0.616. The molecule has 0 radical (unpaired) electrons. The maximum absolute atomic E-state index is 5.36. The van der Waals surface area contributed by atoms with Crippen molar-refractivity contribution in [1.82, 2.24) is 10.7 Å². The zero-order valence-electron chi connectivity index (χ0n) is 13.1. The van der Waals surface area contributed by atoms with Gasteiger partial charge in [0, 0.05) is 0 Å². The fraction of sp³-hybridized carbons (Fsp3) is 0.353. The van der Waals surface area contributed by atoms with Gasteiger partial charge in [-0.15, -0.1) is 0 Å². The molecule has 1 aliphatic heterocycles. The van der Waals surface area contributed by atoms with E-state index in [0.717, 1.165) is 45.1 Å². The Morgan fingerprint density at radius 1 is 1.09 bits per heavy atom. The smallest absolute Gasteiger partial charge is 0.185 e.